The highest BCUT2D eigenvalue weighted by Gasteiger charge is 2.67. The summed E-state index contributed by atoms with van der Waals surface area (Å²) in [4.78, 5) is 25.7. The zero-order valence-electron chi connectivity index (χ0n) is 18.2. The maximum absolute atomic E-state index is 13.0. The number of hydrogen-bond donors (Lipinski definition) is 3. The molecule has 1 aliphatic rings. The average Bonchev–Trinajstić information content (AvgIpc) is 3.40. The molecule has 3 aromatic rings. The molecule has 3 N–H and O–H groups in total. The molecule has 0 saturated heterocycles. The van der Waals surface area contributed by atoms with E-state index >= 15 is 0 Å². The third kappa shape index (κ3) is 5.34. The second kappa shape index (κ2) is 9.96. The Hall–Kier alpha value is -2.95. The van der Waals surface area contributed by atoms with E-state index < -0.39 is 28.0 Å². The number of benzene rings is 3. The molecule has 6 nitrogen and oxygen atoms in total. The van der Waals surface area contributed by atoms with Crippen LogP contribution in [0.1, 0.15) is 33.0 Å². The number of hydrogen-bond acceptors (Lipinski definition) is 4. The van der Waals surface area contributed by atoms with Crippen LogP contribution < -0.4 is 16.2 Å². The number of hydrazine groups is 1. The van der Waals surface area contributed by atoms with Crippen LogP contribution in [-0.2, 0) is 4.79 Å². The molecule has 0 aliphatic heterocycles. The van der Waals surface area contributed by atoms with Crippen LogP contribution >= 0.6 is 46.4 Å². The molecule has 4 rings (SSSR count). The number of amides is 2. The van der Waals surface area contributed by atoms with Gasteiger partial charge in [0.1, 0.15) is 10.4 Å². The molecule has 0 radical (unpaired) electrons. The van der Waals surface area contributed by atoms with E-state index in [0.717, 1.165) is 11.1 Å². The Labute approximate surface area is 222 Å². The van der Waals surface area contributed by atoms with Gasteiger partial charge in [-0.1, -0.05) is 41.4 Å². The largest absolute Gasteiger partial charge is 0.326 e. The minimum atomic E-state index is -1.29. The van der Waals surface area contributed by atoms with Gasteiger partial charge in [0.2, 0.25) is 5.91 Å². The lowest BCUT2D eigenvalue weighted by atomic mass is 10.1. The third-order valence-electron chi connectivity index (χ3n) is 5.60. The fourth-order valence-corrected chi connectivity index (χ4v) is 5.22. The number of anilines is 2. The highest BCUT2D eigenvalue weighted by molar-refractivity contribution is 6.53. The summed E-state index contributed by atoms with van der Waals surface area (Å²) in [5, 5.41) is 12.7. The van der Waals surface area contributed by atoms with Crippen LogP contribution in [0.2, 0.25) is 10.0 Å². The van der Waals surface area contributed by atoms with Crippen molar-refractivity contribution in [3.05, 3.63) is 93.0 Å². The Balaban J connectivity index is 1.47. The fraction of sp³-hybridized carbons (Fsp3) is 0.160. The van der Waals surface area contributed by atoms with Crippen LogP contribution in [0.15, 0.2) is 60.7 Å². The van der Waals surface area contributed by atoms with Crippen molar-refractivity contribution in [1.82, 2.24) is 5.43 Å². The average molecular weight is 548 g/mol. The first kappa shape index (κ1) is 25.2. The van der Waals surface area contributed by atoms with Crippen molar-refractivity contribution in [1.29, 1.82) is 5.26 Å². The Kier molecular flexibility index (Phi) is 7.16. The van der Waals surface area contributed by atoms with E-state index in [0.29, 0.717) is 22.0 Å². The van der Waals surface area contributed by atoms with Crippen LogP contribution in [-0.4, -0.2) is 16.1 Å². The molecule has 3 aromatic carbocycles. The molecule has 0 spiro atoms. The lowest BCUT2D eigenvalue weighted by Gasteiger charge is -2.12. The molecule has 2 unspecified atom stereocenters. The second-order valence-corrected chi connectivity index (χ2v) is 10.4. The van der Waals surface area contributed by atoms with Crippen molar-refractivity contribution >= 4 is 69.6 Å². The van der Waals surface area contributed by atoms with Crippen LogP contribution in [0.3, 0.4) is 0 Å². The number of nitriles is 1. The van der Waals surface area contributed by atoms with E-state index in [1.54, 1.807) is 42.5 Å². The van der Waals surface area contributed by atoms with E-state index in [1.807, 2.05) is 19.1 Å². The molecule has 1 saturated carbocycles. The van der Waals surface area contributed by atoms with Crippen LogP contribution in [0.5, 0.6) is 0 Å². The smallest absolute Gasteiger partial charge is 0.271 e. The summed E-state index contributed by atoms with van der Waals surface area (Å²) in [6.45, 7) is 1.89. The van der Waals surface area contributed by atoms with E-state index in [4.69, 9.17) is 46.4 Å². The van der Waals surface area contributed by atoms with Gasteiger partial charge in [-0.15, -0.1) is 23.2 Å². The number of alkyl halides is 2. The molecule has 2 atom stereocenters. The maximum atomic E-state index is 13.0. The Morgan fingerprint density at radius 3 is 2.49 bits per heavy atom. The minimum Gasteiger partial charge on any atom is -0.326 e. The molecule has 1 fully saturated rings. The predicted molar refractivity (Wildman–Crippen MR) is 139 cm³/mol. The van der Waals surface area contributed by atoms with E-state index in [1.165, 1.54) is 12.1 Å². The number of nitrogens with one attached hydrogen (secondary N) is 3. The summed E-state index contributed by atoms with van der Waals surface area (Å²) in [5.74, 6) is -2.09. The number of nitrogens with zero attached hydrogens (tertiary/aromatic N) is 1. The third-order valence-corrected chi connectivity index (χ3v) is 7.08. The van der Waals surface area contributed by atoms with Crippen molar-refractivity contribution in [2.45, 2.75) is 17.2 Å². The molecule has 0 bridgehead atoms. The first-order valence-electron chi connectivity index (χ1n) is 10.4. The van der Waals surface area contributed by atoms with Crippen LogP contribution in [0, 0.1) is 24.2 Å². The Morgan fingerprint density at radius 2 is 1.77 bits per heavy atom. The number of aryl methyl sites for hydroxylation is 1. The Bertz CT molecular complexity index is 1350. The van der Waals surface area contributed by atoms with E-state index in [9.17, 15) is 14.9 Å². The standard InChI is InChI=1S/C25H18Cl4N4O2/c1-13-8-15(10-16(26)9-13)21-22(25(21,28)29)24(35)31-17-6-7-19(27)18(11-17)23(34)33-32-20-5-3-2-4-14(20)12-30/h2-11,21-22,32H,1H3,(H,31,35)(H,33,34). The molecule has 35 heavy (non-hydrogen) atoms. The van der Waals surface area contributed by atoms with Gasteiger partial charge in [-0.05, 0) is 60.5 Å². The van der Waals surface area contributed by atoms with Crippen molar-refractivity contribution in [3.63, 3.8) is 0 Å². The van der Waals surface area contributed by atoms with Gasteiger partial charge in [0, 0.05) is 16.6 Å². The van der Waals surface area contributed by atoms with Gasteiger partial charge in [-0.25, -0.2) is 0 Å². The van der Waals surface area contributed by atoms with E-state index in [2.05, 4.69) is 16.2 Å². The maximum Gasteiger partial charge on any atom is 0.271 e. The number of rotatable bonds is 6. The van der Waals surface area contributed by atoms with Gasteiger partial charge >= 0.3 is 0 Å². The normalized spacial score (nSPS) is 17.7. The molecular formula is C25H18Cl4N4O2. The van der Waals surface area contributed by atoms with E-state index in [-0.39, 0.29) is 10.6 Å². The number of halogens is 4. The van der Waals surface area contributed by atoms with Crippen molar-refractivity contribution < 1.29 is 9.59 Å². The number of para-hydroxylation sites is 1. The van der Waals surface area contributed by atoms with Gasteiger partial charge < -0.3 is 5.32 Å². The number of carbonyl (C=O) groups is 2. The topological polar surface area (TPSA) is 94.0 Å². The van der Waals surface area contributed by atoms with Crippen molar-refractivity contribution in [2.24, 2.45) is 5.92 Å². The second-order valence-electron chi connectivity index (χ2n) is 8.11. The Morgan fingerprint density at radius 1 is 1.03 bits per heavy atom. The summed E-state index contributed by atoms with van der Waals surface area (Å²) in [6.07, 6.45) is 0. The first-order chi connectivity index (χ1) is 16.6. The monoisotopic (exact) mass is 546 g/mol. The summed E-state index contributed by atoms with van der Waals surface area (Å²) in [5.41, 5.74) is 8.18. The molecule has 1 aliphatic carbocycles. The molecule has 178 valence electrons. The van der Waals surface area contributed by atoms with Crippen LogP contribution in [0.4, 0.5) is 11.4 Å². The van der Waals surface area contributed by atoms with Gasteiger partial charge in [0.25, 0.3) is 5.91 Å². The molecule has 0 heterocycles. The summed E-state index contributed by atoms with van der Waals surface area (Å²) < 4.78 is -1.29. The number of carbonyl (C=O) groups excluding carboxylic acids is 2. The lowest BCUT2D eigenvalue weighted by Crippen LogP contribution is -2.30. The zero-order chi connectivity index (χ0) is 25.3. The van der Waals surface area contributed by atoms with Crippen molar-refractivity contribution in [3.8, 4) is 6.07 Å². The summed E-state index contributed by atoms with van der Waals surface area (Å²) in [6, 6.07) is 18.7. The highest BCUT2D eigenvalue weighted by Crippen LogP contribution is 2.65. The van der Waals surface area contributed by atoms with Crippen molar-refractivity contribution in [2.75, 3.05) is 10.7 Å². The summed E-state index contributed by atoms with van der Waals surface area (Å²) in [7, 11) is 0. The van der Waals surface area contributed by atoms with Gasteiger partial charge in [-0.3, -0.25) is 20.4 Å². The molecule has 10 heteroatoms. The quantitative estimate of drug-likeness (QED) is 0.244. The van der Waals surface area contributed by atoms with Gasteiger partial charge in [0.05, 0.1) is 27.8 Å². The van der Waals surface area contributed by atoms with Gasteiger partial charge in [0.15, 0.2) is 0 Å². The predicted octanol–water partition coefficient (Wildman–Crippen LogP) is 6.46. The summed E-state index contributed by atoms with van der Waals surface area (Å²) >= 11 is 25.3. The molecule has 0 aromatic heterocycles. The van der Waals surface area contributed by atoms with Crippen LogP contribution in [0.25, 0.3) is 0 Å². The SMILES string of the molecule is Cc1cc(Cl)cc(C2C(C(=O)Nc3ccc(Cl)c(C(=O)NNc4ccccc4C#N)c3)C2(Cl)Cl)c1. The first-order valence-corrected chi connectivity index (χ1v) is 11.9. The highest BCUT2D eigenvalue weighted by atomic mass is 35.5. The zero-order valence-corrected chi connectivity index (χ0v) is 21.2. The van der Waals surface area contributed by atoms with Gasteiger partial charge in [-0.2, -0.15) is 5.26 Å². The molecular weight excluding hydrogens is 530 g/mol. The molecule has 2 amide bonds. The lowest BCUT2D eigenvalue weighted by molar-refractivity contribution is -0.117. The fourth-order valence-electron chi connectivity index (χ4n) is 3.89. The minimum absolute atomic E-state index is 0.118.